The van der Waals surface area contributed by atoms with Crippen LogP contribution in [0.3, 0.4) is 0 Å². The first kappa shape index (κ1) is 13.2. The topological polar surface area (TPSA) is 71.8 Å². The first-order chi connectivity index (χ1) is 11.3. The molecule has 0 atom stereocenters. The lowest BCUT2D eigenvalue weighted by atomic mass is 10.2. The van der Waals surface area contributed by atoms with Gasteiger partial charge in [0.2, 0.25) is 0 Å². The quantitative estimate of drug-likeness (QED) is 0.570. The van der Waals surface area contributed by atoms with E-state index in [0.717, 1.165) is 28.4 Å². The summed E-state index contributed by atoms with van der Waals surface area (Å²) in [6.45, 7) is 1.96. The molecule has 110 valence electrons. The molecule has 0 spiro atoms. The number of imidazole rings is 2. The Labute approximate surface area is 132 Å². The molecule has 0 aromatic carbocycles. The van der Waals surface area contributed by atoms with E-state index >= 15 is 0 Å². The van der Waals surface area contributed by atoms with Crippen LogP contribution in [-0.2, 0) is 0 Å². The molecule has 6 nitrogen and oxygen atoms in total. The van der Waals surface area contributed by atoms with Gasteiger partial charge < -0.3 is 0 Å². The molecule has 0 aliphatic rings. The Balaban J connectivity index is 1.89. The summed E-state index contributed by atoms with van der Waals surface area (Å²) in [6, 6.07) is 11.9. The summed E-state index contributed by atoms with van der Waals surface area (Å²) in [5, 5.41) is 9.17. The van der Waals surface area contributed by atoms with Gasteiger partial charge in [-0.2, -0.15) is 5.26 Å². The highest BCUT2D eigenvalue weighted by molar-refractivity contribution is 5.58. The van der Waals surface area contributed by atoms with Crippen molar-refractivity contribution in [1.29, 1.82) is 5.26 Å². The van der Waals surface area contributed by atoms with Crippen LogP contribution in [0.15, 0.2) is 55.2 Å². The van der Waals surface area contributed by atoms with Crippen LogP contribution in [0.25, 0.3) is 22.7 Å². The van der Waals surface area contributed by atoms with E-state index in [4.69, 9.17) is 5.26 Å². The van der Waals surface area contributed by atoms with Crippen molar-refractivity contribution in [3.63, 3.8) is 0 Å². The van der Waals surface area contributed by atoms with Gasteiger partial charge in [0.1, 0.15) is 17.4 Å². The maximum Gasteiger partial charge on any atom is 0.144 e. The fraction of sp³-hybridized carbons (Fsp3) is 0.0588. The molecule has 0 amide bonds. The molecule has 0 unspecified atom stereocenters. The number of fused-ring (bicyclic) bond motifs is 1. The van der Waals surface area contributed by atoms with Crippen LogP contribution < -0.4 is 0 Å². The molecule has 4 aromatic rings. The first-order valence-corrected chi connectivity index (χ1v) is 7.10. The number of aryl methyl sites for hydroxylation is 1. The van der Waals surface area contributed by atoms with Crippen molar-refractivity contribution < 1.29 is 0 Å². The Morgan fingerprint density at radius 3 is 2.87 bits per heavy atom. The van der Waals surface area contributed by atoms with E-state index in [1.165, 1.54) is 0 Å². The van der Waals surface area contributed by atoms with Crippen molar-refractivity contribution in [2.75, 3.05) is 0 Å². The minimum absolute atomic E-state index is 0.497. The molecule has 0 bridgehead atoms. The van der Waals surface area contributed by atoms with Crippen molar-refractivity contribution in [2.24, 2.45) is 0 Å². The van der Waals surface area contributed by atoms with Crippen molar-refractivity contribution in [1.82, 2.24) is 23.9 Å². The molecule has 23 heavy (non-hydrogen) atoms. The zero-order chi connectivity index (χ0) is 15.8. The third kappa shape index (κ3) is 2.15. The van der Waals surface area contributed by atoms with Gasteiger partial charge in [-0.1, -0.05) is 6.07 Å². The summed E-state index contributed by atoms with van der Waals surface area (Å²) in [4.78, 5) is 13.0. The minimum atomic E-state index is 0.497. The number of pyridine rings is 2. The third-order valence-electron chi connectivity index (χ3n) is 3.67. The van der Waals surface area contributed by atoms with Crippen LogP contribution in [0.1, 0.15) is 11.4 Å². The predicted molar refractivity (Wildman–Crippen MR) is 85.0 cm³/mol. The van der Waals surface area contributed by atoms with E-state index in [0.29, 0.717) is 5.69 Å². The van der Waals surface area contributed by atoms with Crippen LogP contribution in [0.2, 0.25) is 0 Å². The maximum atomic E-state index is 9.17. The number of aromatic nitrogens is 5. The van der Waals surface area contributed by atoms with E-state index in [1.54, 1.807) is 23.1 Å². The average molecular weight is 300 g/mol. The molecule has 0 aliphatic heterocycles. The zero-order valence-corrected chi connectivity index (χ0v) is 12.4. The van der Waals surface area contributed by atoms with Crippen molar-refractivity contribution >= 4 is 5.65 Å². The number of hydrogen-bond donors (Lipinski definition) is 0. The van der Waals surface area contributed by atoms with E-state index < -0.39 is 0 Å². The molecule has 0 aliphatic carbocycles. The summed E-state index contributed by atoms with van der Waals surface area (Å²) in [5.41, 5.74) is 4.83. The van der Waals surface area contributed by atoms with Crippen LogP contribution in [-0.4, -0.2) is 23.9 Å². The van der Waals surface area contributed by atoms with Crippen LogP contribution in [0, 0.1) is 18.3 Å². The molecular formula is C17H12N6. The largest absolute Gasteiger partial charge is 0.296 e. The van der Waals surface area contributed by atoms with E-state index in [-0.39, 0.29) is 0 Å². The highest BCUT2D eigenvalue weighted by Crippen LogP contribution is 2.22. The van der Waals surface area contributed by atoms with Gasteiger partial charge in [-0.3, -0.25) is 14.0 Å². The molecule has 0 radical (unpaired) electrons. The van der Waals surface area contributed by atoms with E-state index in [9.17, 15) is 0 Å². The normalized spacial score (nSPS) is 10.8. The SMILES string of the molecule is Cc1cccc(-c2cncn2-c2ccc3ncc(C#N)n3c2)n1. The van der Waals surface area contributed by atoms with Crippen molar-refractivity contribution in [3.05, 3.63) is 66.6 Å². The second-order valence-corrected chi connectivity index (χ2v) is 5.18. The zero-order valence-electron chi connectivity index (χ0n) is 12.4. The predicted octanol–water partition coefficient (Wildman–Crippen LogP) is 2.76. The summed E-state index contributed by atoms with van der Waals surface area (Å²) in [7, 11) is 0. The van der Waals surface area contributed by atoms with E-state index in [2.05, 4.69) is 21.0 Å². The fourth-order valence-corrected chi connectivity index (χ4v) is 2.57. The third-order valence-corrected chi connectivity index (χ3v) is 3.67. The number of nitrogens with zero attached hydrogens (tertiary/aromatic N) is 6. The lowest BCUT2D eigenvalue weighted by molar-refractivity contribution is 1.01. The molecule has 4 rings (SSSR count). The highest BCUT2D eigenvalue weighted by atomic mass is 15.1. The Bertz CT molecular complexity index is 1050. The summed E-state index contributed by atoms with van der Waals surface area (Å²) < 4.78 is 3.71. The Kier molecular flexibility index (Phi) is 2.91. The van der Waals surface area contributed by atoms with Gasteiger partial charge in [-0.15, -0.1) is 0 Å². The van der Waals surface area contributed by atoms with Crippen molar-refractivity contribution in [3.8, 4) is 23.1 Å². The Hall–Kier alpha value is -3.46. The fourth-order valence-electron chi connectivity index (χ4n) is 2.57. The van der Waals surface area contributed by atoms with Gasteiger partial charge in [0, 0.05) is 11.9 Å². The molecule has 0 N–H and O–H groups in total. The summed E-state index contributed by atoms with van der Waals surface area (Å²) >= 11 is 0. The molecule has 0 saturated heterocycles. The average Bonchev–Trinajstić information content (AvgIpc) is 3.21. The standard InChI is InChI=1S/C17H12N6/c1-12-3-2-4-15(21-12)16-9-19-11-23(16)13-5-6-17-20-8-14(7-18)22(17)10-13/h2-6,8-11H,1H3. The Morgan fingerprint density at radius 1 is 1.13 bits per heavy atom. The van der Waals surface area contributed by atoms with E-state index in [1.807, 2.05) is 48.0 Å². The second-order valence-electron chi connectivity index (χ2n) is 5.18. The smallest absolute Gasteiger partial charge is 0.144 e. The van der Waals surface area contributed by atoms with Crippen LogP contribution >= 0.6 is 0 Å². The number of rotatable bonds is 2. The maximum absolute atomic E-state index is 9.17. The highest BCUT2D eigenvalue weighted by Gasteiger charge is 2.10. The van der Waals surface area contributed by atoms with Gasteiger partial charge in [0.15, 0.2) is 0 Å². The number of nitriles is 1. The molecular weight excluding hydrogens is 288 g/mol. The molecule has 6 heteroatoms. The monoisotopic (exact) mass is 300 g/mol. The Morgan fingerprint density at radius 2 is 2.04 bits per heavy atom. The van der Waals surface area contributed by atoms with Gasteiger partial charge in [-0.25, -0.2) is 9.97 Å². The lowest BCUT2D eigenvalue weighted by Crippen LogP contribution is -1.99. The molecule has 4 heterocycles. The van der Waals surface area contributed by atoms with Gasteiger partial charge >= 0.3 is 0 Å². The van der Waals surface area contributed by atoms with Crippen molar-refractivity contribution in [2.45, 2.75) is 6.92 Å². The first-order valence-electron chi connectivity index (χ1n) is 7.10. The van der Waals surface area contributed by atoms with Gasteiger partial charge in [0.05, 0.1) is 35.8 Å². The summed E-state index contributed by atoms with van der Waals surface area (Å²) in [6.07, 6.45) is 6.96. The second kappa shape index (κ2) is 5.07. The van der Waals surface area contributed by atoms with Crippen LogP contribution in [0.5, 0.6) is 0 Å². The van der Waals surface area contributed by atoms with Gasteiger partial charge in [0.25, 0.3) is 0 Å². The lowest BCUT2D eigenvalue weighted by Gasteiger charge is -2.09. The van der Waals surface area contributed by atoms with Gasteiger partial charge in [-0.05, 0) is 31.2 Å². The molecule has 4 aromatic heterocycles. The summed E-state index contributed by atoms with van der Waals surface area (Å²) in [5.74, 6) is 0. The molecule has 0 fully saturated rings. The molecule has 0 saturated carbocycles. The van der Waals surface area contributed by atoms with Crippen LogP contribution in [0.4, 0.5) is 0 Å². The number of hydrogen-bond acceptors (Lipinski definition) is 4. The minimum Gasteiger partial charge on any atom is -0.296 e.